The van der Waals surface area contributed by atoms with Gasteiger partial charge in [0.1, 0.15) is 5.72 Å². The van der Waals surface area contributed by atoms with Crippen LogP contribution < -0.4 is 0 Å². The quantitative estimate of drug-likeness (QED) is 0.650. The second-order valence-corrected chi connectivity index (χ2v) is 4.41. The molecule has 1 rings (SSSR count). The molecule has 14 heavy (non-hydrogen) atoms. The van der Waals surface area contributed by atoms with Crippen molar-refractivity contribution in [2.45, 2.75) is 39.5 Å². The molecule has 0 spiro atoms. The van der Waals surface area contributed by atoms with Crippen LogP contribution in [0.1, 0.15) is 27.7 Å². The van der Waals surface area contributed by atoms with Crippen LogP contribution in [-0.4, -0.2) is 36.5 Å². The molecule has 0 aromatic heterocycles. The zero-order valence-electron chi connectivity index (χ0n) is 9.53. The topological polar surface area (TPSA) is 38.8 Å². The van der Waals surface area contributed by atoms with Crippen LogP contribution in [-0.2, 0) is 9.47 Å². The lowest BCUT2D eigenvalue weighted by molar-refractivity contribution is -0.0462. The zero-order chi connectivity index (χ0) is 10.9. The summed E-state index contributed by atoms with van der Waals surface area (Å²) in [6.45, 7) is 8.50. The maximum absolute atomic E-state index is 11.6. The van der Waals surface area contributed by atoms with Gasteiger partial charge in [-0.05, 0) is 19.8 Å². The second-order valence-electron chi connectivity index (χ2n) is 4.41. The molecule has 0 N–H and O–H groups in total. The van der Waals surface area contributed by atoms with Crippen LogP contribution in [0, 0.1) is 5.92 Å². The Labute approximate surface area is 85.2 Å². The van der Waals surface area contributed by atoms with E-state index in [1.54, 1.807) is 4.90 Å². The van der Waals surface area contributed by atoms with E-state index in [1.807, 2.05) is 13.8 Å². The highest BCUT2D eigenvalue weighted by atomic mass is 16.6. The molecule has 0 aromatic rings. The lowest BCUT2D eigenvalue weighted by Crippen LogP contribution is -2.49. The molecule has 1 unspecified atom stereocenters. The summed E-state index contributed by atoms with van der Waals surface area (Å²) in [6, 6.07) is 0.109. The summed E-state index contributed by atoms with van der Waals surface area (Å²) in [7, 11) is 1.40. The molecule has 1 aliphatic rings. The average molecular weight is 201 g/mol. The van der Waals surface area contributed by atoms with Crippen molar-refractivity contribution >= 4 is 6.09 Å². The van der Waals surface area contributed by atoms with Gasteiger partial charge in [-0.15, -0.1) is 0 Å². The maximum Gasteiger partial charge on any atom is 0.412 e. The lowest BCUT2D eigenvalue weighted by atomic mass is 10.0. The van der Waals surface area contributed by atoms with Crippen LogP contribution in [0.15, 0.2) is 0 Å². The Kier molecular flexibility index (Phi) is 3.04. The van der Waals surface area contributed by atoms with Crippen LogP contribution in [0.3, 0.4) is 0 Å². The maximum atomic E-state index is 11.6. The fourth-order valence-electron chi connectivity index (χ4n) is 1.78. The number of methoxy groups -OCH3 is 1. The van der Waals surface area contributed by atoms with Crippen molar-refractivity contribution in [2.75, 3.05) is 13.7 Å². The lowest BCUT2D eigenvalue weighted by Gasteiger charge is -2.33. The molecular weight excluding hydrogens is 182 g/mol. The summed E-state index contributed by atoms with van der Waals surface area (Å²) in [5.41, 5.74) is -0.554. The van der Waals surface area contributed by atoms with Gasteiger partial charge in [0.15, 0.2) is 0 Å². The number of nitrogens with zero attached hydrogens (tertiary/aromatic N) is 1. The van der Waals surface area contributed by atoms with Gasteiger partial charge >= 0.3 is 6.09 Å². The molecule has 0 aliphatic carbocycles. The monoisotopic (exact) mass is 201 g/mol. The van der Waals surface area contributed by atoms with E-state index in [0.29, 0.717) is 12.5 Å². The van der Waals surface area contributed by atoms with E-state index in [0.717, 1.165) is 0 Å². The summed E-state index contributed by atoms with van der Waals surface area (Å²) < 4.78 is 10.3. The molecule has 1 amide bonds. The highest BCUT2D eigenvalue weighted by molar-refractivity contribution is 5.69. The molecule has 1 aliphatic heterocycles. The summed E-state index contributed by atoms with van der Waals surface area (Å²) in [6.07, 6.45) is -0.314. The van der Waals surface area contributed by atoms with Gasteiger partial charge in [-0.25, -0.2) is 4.79 Å². The summed E-state index contributed by atoms with van der Waals surface area (Å²) >= 11 is 0. The van der Waals surface area contributed by atoms with E-state index in [9.17, 15) is 4.79 Å². The highest BCUT2D eigenvalue weighted by Crippen LogP contribution is 2.31. The summed E-state index contributed by atoms with van der Waals surface area (Å²) in [5, 5.41) is 0. The Morgan fingerprint density at radius 3 is 2.57 bits per heavy atom. The standard InChI is InChI=1S/C10H19NO3/c1-7(2)8-6-14-10(3,4)11(8)9(12)13-5/h7-8H,6H2,1-5H3. The minimum Gasteiger partial charge on any atom is -0.453 e. The summed E-state index contributed by atoms with van der Waals surface area (Å²) in [4.78, 5) is 13.2. The van der Waals surface area contributed by atoms with Crippen LogP contribution in [0.25, 0.3) is 0 Å². The fraction of sp³-hybridized carbons (Fsp3) is 0.900. The van der Waals surface area contributed by atoms with Gasteiger partial charge in [-0.1, -0.05) is 13.8 Å². The number of rotatable bonds is 1. The molecule has 0 saturated carbocycles. The van der Waals surface area contributed by atoms with Crippen molar-refractivity contribution in [1.29, 1.82) is 0 Å². The van der Waals surface area contributed by atoms with E-state index in [4.69, 9.17) is 9.47 Å². The third kappa shape index (κ3) is 1.85. The van der Waals surface area contributed by atoms with E-state index in [1.165, 1.54) is 7.11 Å². The van der Waals surface area contributed by atoms with Gasteiger partial charge < -0.3 is 9.47 Å². The normalized spacial score (nSPS) is 25.6. The van der Waals surface area contributed by atoms with Gasteiger partial charge in [-0.2, -0.15) is 0 Å². The smallest absolute Gasteiger partial charge is 0.412 e. The van der Waals surface area contributed by atoms with Crippen LogP contribution in [0.5, 0.6) is 0 Å². The number of carbonyl (C=O) groups is 1. The van der Waals surface area contributed by atoms with Crippen LogP contribution >= 0.6 is 0 Å². The molecule has 0 radical (unpaired) electrons. The second kappa shape index (κ2) is 3.77. The molecule has 1 atom stereocenters. The first kappa shape index (κ1) is 11.3. The fourth-order valence-corrected chi connectivity index (χ4v) is 1.78. The van der Waals surface area contributed by atoms with E-state index in [2.05, 4.69) is 13.8 Å². The Morgan fingerprint density at radius 2 is 2.14 bits per heavy atom. The van der Waals surface area contributed by atoms with Crippen molar-refractivity contribution in [3.05, 3.63) is 0 Å². The minimum atomic E-state index is -0.554. The molecular formula is C10H19NO3. The van der Waals surface area contributed by atoms with Crippen molar-refractivity contribution in [2.24, 2.45) is 5.92 Å². The van der Waals surface area contributed by atoms with E-state index in [-0.39, 0.29) is 12.1 Å². The van der Waals surface area contributed by atoms with Gasteiger partial charge in [-0.3, -0.25) is 4.90 Å². The first-order valence-electron chi connectivity index (χ1n) is 4.91. The Morgan fingerprint density at radius 1 is 1.57 bits per heavy atom. The zero-order valence-corrected chi connectivity index (χ0v) is 9.53. The first-order chi connectivity index (χ1) is 6.40. The third-order valence-corrected chi connectivity index (χ3v) is 2.66. The number of amides is 1. The van der Waals surface area contributed by atoms with Crippen LogP contribution in [0.2, 0.25) is 0 Å². The average Bonchev–Trinajstić information content (AvgIpc) is 2.40. The van der Waals surface area contributed by atoms with Gasteiger partial charge in [0, 0.05) is 0 Å². The largest absolute Gasteiger partial charge is 0.453 e. The number of carbonyl (C=O) groups excluding carboxylic acids is 1. The van der Waals surface area contributed by atoms with E-state index >= 15 is 0 Å². The molecule has 1 saturated heterocycles. The van der Waals surface area contributed by atoms with Gasteiger partial charge in [0.2, 0.25) is 0 Å². The number of ether oxygens (including phenoxy) is 2. The van der Waals surface area contributed by atoms with Crippen molar-refractivity contribution < 1.29 is 14.3 Å². The van der Waals surface area contributed by atoms with E-state index < -0.39 is 5.72 Å². The predicted molar refractivity (Wildman–Crippen MR) is 52.9 cm³/mol. The molecule has 4 heteroatoms. The summed E-state index contributed by atoms with van der Waals surface area (Å²) in [5.74, 6) is 0.371. The Bertz CT molecular complexity index is 225. The molecule has 0 bridgehead atoms. The minimum absolute atomic E-state index is 0.109. The Hall–Kier alpha value is -0.770. The molecule has 0 aromatic carbocycles. The molecule has 1 heterocycles. The first-order valence-corrected chi connectivity index (χ1v) is 4.91. The number of hydrogen-bond donors (Lipinski definition) is 0. The van der Waals surface area contributed by atoms with Crippen molar-refractivity contribution in [3.8, 4) is 0 Å². The molecule has 4 nitrogen and oxygen atoms in total. The van der Waals surface area contributed by atoms with Crippen molar-refractivity contribution in [3.63, 3.8) is 0 Å². The molecule has 82 valence electrons. The van der Waals surface area contributed by atoms with Crippen LogP contribution in [0.4, 0.5) is 4.79 Å². The number of hydrogen-bond acceptors (Lipinski definition) is 3. The Balaban J connectivity index is 2.87. The third-order valence-electron chi connectivity index (χ3n) is 2.66. The van der Waals surface area contributed by atoms with Gasteiger partial charge in [0.05, 0.1) is 19.8 Å². The highest BCUT2D eigenvalue weighted by Gasteiger charge is 2.45. The predicted octanol–water partition coefficient (Wildman–Crippen LogP) is 1.85. The van der Waals surface area contributed by atoms with Gasteiger partial charge in [0.25, 0.3) is 0 Å². The van der Waals surface area contributed by atoms with Crippen molar-refractivity contribution in [1.82, 2.24) is 4.90 Å². The molecule has 1 fully saturated rings. The SMILES string of the molecule is COC(=O)N1C(C(C)C)COC1(C)C.